The molecular formula is C13H18N2O2S. The van der Waals surface area contributed by atoms with Gasteiger partial charge in [-0.1, -0.05) is 0 Å². The summed E-state index contributed by atoms with van der Waals surface area (Å²) in [6.45, 7) is 2.17. The quantitative estimate of drug-likeness (QED) is 0.584. The summed E-state index contributed by atoms with van der Waals surface area (Å²) in [6, 6.07) is 6.89. The molecule has 1 rings (SSSR count). The molecule has 0 heterocycles. The highest BCUT2D eigenvalue weighted by atomic mass is 32.2. The highest BCUT2D eigenvalue weighted by Crippen LogP contribution is 2.11. The number of nitrogens with one attached hydrogen (secondary N) is 1. The van der Waals surface area contributed by atoms with Crippen molar-refractivity contribution in [2.75, 3.05) is 23.4 Å². The fourth-order valence-corrected chi connectivity index (χ4v) is 2.11. The fraction of sp³-hybridized carbons (Fsp3) is 0.385. The van der Waals surface area contributed by atoms with Crippen molar-refractivity contribution in [2.45, 2.75) is 13.3 Å². The highest BCUT2D eigenvalue weighted by molar-refractivity contribution is 7.99. The van der Waals surface area contributed by atoms with Crippen molar-refractivity contribution in [3.8, 4) is 0 Å². The molecule has 1 amide bonds. The Bertz CT molecular complexity index is 404. The van der Waals surface area contributed by atoms with Crippen LogP contribution in [0.3, 0.4) is 0 Å². The summed E-state index contributed by atoms with van der Waals surface area (Å²) >= 11 is 1.57. The van der Waals surface area contributed by atoms with E-state index in [1.807, 2.05) is 0 Å². The van der Waals surface area contributed by atoms with Crippen molar-refractivity contribution in [1.82, 2.24) is 0 Å². The molecule has 1 aromatic rings. The Morgan fingerprint density at radius 3 is 2.50 bits per heavy atom. The van der Waals surface area contributed by atoms with Gasteiger partial charge in [-0.05, 0) is 49.9 Å². The van der Waals surface area contributed by atoms with Crippen LogP contribution in [-0.4, -0.2) is 29.7 Å². The van der Waals surface area contributed by atoms with Crippen LogP contribution in [0, 0.1) is 0 Å². The first kappa shape index (κ1) is 14.7. The van der Waals surface area contributed by atoms with E-state index < -0.39 is 0 Å². The molecule has 0 atom stereocenters. The minimum absolute atomic E-state index is 0.0187. The van der Waals surface area contributed by atoms with Crippen molar-refractivity contribution in [2.24, 2.45) is 5.73 Å². The summed E-state index contributed by atoms with van der Waals surface area (Å²) in [5.74, 6) is 1.31. The number of nitrogens with two attached hydrogens (primary N) is 1. The van der Waals surface area contributed by atoms with Crippen LogP contribution in [0.2, 0.25) is 0 Å². The van der Waals surface area contributed by atoms with Crippen LogP contribution < -0.4 is 11.1 Å². The van der Waals surface area contributed by atoms with E-state index in [2.05, 4.69) is 5.32 Å². The Morgan fingerprint density at radius 2 is 1.94 bits per heavy atom. The Labute approximate surface area is 111 Å². The van der Waals surface area contributed by atoms with E-state index >= 15 is 0 Å². The summed E-state index contributed by atoms with van der Waals surface area (Å²) in [7, 11) is 0. The Kier molecular flexibility index (Phi) is 6.46. The maximum Gasteiger partial charge on any atom is 0.234 e. The molecule has 0 aliphatic heterocycles. The first-order valence-corrected chi connectivity index (χ1v) is 6.97. The van der Waals surface area contributed by atoms with Crippen LogP contribution in [0.5, 0.6) is 0 Å². The molecule has 0 fully saturated rings. The first-order chi connectivity index (χ1) is 8.63. The summed E-state index contributed by atoms with van der Waals surface area (Å²) in [4.78, 5) is 22.6. The number of hydrogen-bond acceptors (Lipinski definition) is 4. The van der Waals surface area contributed by atoms with Gasteiger partial charge in [-0.2, -0.15) is 11.8 Å². The lowest BCUT2D eigenvalue weighted by Gasteiger charge is -2.05. The van der Waals surface area contributed by atoms with E-state index in [1.165, 1.54) is 6.92 Å². The average molecular weight is 266 g/mol. The third-order valence-corrected chi connectivity index (χ3v) is 3.34. The zero-order valence-corrected chi connectivity index (χ0v) is 11.3. The van der Waals surface area contributed by atoms with E-state index in [0.717, 1.165) is 12.2 Å². The second kappa shape index (κ2) is 7.89. The number of rotatable bonds is 7. The zero-order chi connectivity index (χ0) is 13.4. The number of amides is 1. The van der Waals surface area contributed by atoms with Gasteiger partial charge in [0.05, 0.1) is 5.75 Å². The molecule has 3 N–H and O–H groups in total. The van der Waals surface area contributed by atoms with Crippen LogP contribution in [0.4, 0.5) is 5.69 Å². The maximum atomic E-state index is 11.6. The molecule has 5 heteroatoms. The summed E-state index contributed by atoms with van der Waals surface area (Å²) < 4.78 is 0. The van der Waals surface area contributed by atoms with Gasteiger partial charge in [0.1, 0.15) is 0 Å². The summed E-state index contributed by atoms with van der Waals surface area (Å²) in [5.41, 5.74) is 6.72. The van der Waals surface area contributed by atoms with Gasteiger partial charge in [0, 0.05) is 11.3 Å². The standard InChI is InChI=1S/C13H18N2O2S/c1-10(16)11-3-5-12(6-4-11)15-13(17)9-18-8-2-7-14/h3-6H,2,7-9,14H2,1H3,(H,15,17). The van der Waals surface area contributed by atoms with Crippen molar-refractivity contribution in [3.05, 3.63) is 29.8 Å². The van der Waals surface area contributed by atoms with Gasteiger partial charge in [0.2, 0.25) is 5.91 Å². The van der Waals surface area contributed by atoms with Crippen LogP contribution in [0.25, 0.3) is 0 Å². The largest absolute Gasteiger partial charge is 0.330 e. The van der Waals surface area contributed by atoms with Gasteiger partial charge in [-0.3, -0.25) is 9.59 Å². The smallest absolute Gasteiger partial charge is 0.234 e. The monoisotopic (exact) mass is 266 g/mol. The molecule has 98 valence electrons. The number of Topliss-reactive ketones (excluding diaryl/α,β-unsaturated/α-hetero) is 1. The number of anilines is 1. The summed E-state index contributed by atoms with van der Waals surface area (Å²) in [5, 5.41) is 2.78. The fourth-order valence-electron chi connectivity index (χ4n) is 1.34. The van der Waals surface area contributed by atoms with Crippen molar-refractivity contribution in [1.29, 1.82) is 0 Å². The Hall–Kier alpha value is -1.33. The Balaban J connectivity index is 2.37. The number of ketones is 1. The lowest BCUT2D eigenvalue weighted by Crippen LogP contribution is -2.14. The van der Waals surface area contributed by atoms with E-state index in [-0.39, 0.29) is 11.7 Å². The van der Waals surface area contributed by atoms with E-state index in [1.54, 1.807) is 36.0 Å². The van der Waals surface area contributed by atoms with Gasteiger partial charge in [0.25, 0.3) is 0 Å². The SMILES string of the molecule is CC(=O)c1ccc(NC(=O)CSCCCN)cc1. The maximum absolute atomic E-state index is 11.6. The Morgan fingerprint density at radius 1 is 1.28 bits per heavy atom. The highest BCUT2D eigenvalue weighted by Gasteiger charge is 2.03. The van der Waals surface area contributed by atoms with Crippen molar-refractivity contribution in [3.63, 3.8) is 0 Å². The molecule has 0 saturated heterocycles. The van der Waals surface area contributed by atoms with Crippen molar-refractivity contribution >= 4 is 29.1 Å². The topological polar surface area (TPSA) is 72.2 Å². The lowest BCUT2D eigenvalue weighted by molar-refractivity contribution is -0.113. The normalized spacial score (nSPS) is 10.1. The van der Waals surface area contributed by atoms with E-state index in [0.29, 0.717) is 23.5 Å². The van der Waals surface area contributed by atoms with Crippen LogP contribution in [-0.2, 0) is 4.79 Å². The molecule has 0 bridgehead atoms. The second-order valence-corrected chi connectivity index (χ2v) is 4.98. The number of thioether (sulfide) groups is 1. The number of carbonyl (C=O) groups is 2. The van der Waals surface area contributed by atoms with Gasteiger partial charge in [-0.25, -0.2) is 0 Å². The first-order valence-electron chi connectivity index (χ1n) is 5.82. The van der Waals surface area contributed by atoms with Crippen LogP contribution in [0.15, 0.2) is 24.3 Å². The molecule has 0 saturated carbocycles. The minimum Gasteiger partial charge on any atom is -0.330 e. The molecule has 0 aliphatic carbocycles. The zero-order valence-electron chi connectivity index (χ0n) is 10.4. The molecule has 0 radical (unpaired) electrons. The molecule has 0 unspecified atom stereocenters. The third-order valence-electron chi connectivity index (χ3n) is 2.30. The lowest BCUT2D eigenvalue weighted by atomic mass is 10.1. The number of hydrogen-bond donors (Lipinski definition) is 2. The second-order valence-electron chi connectivity index (χ2n) is 3.88. The van der Waals surface area contributed by atoms with Gasteiger partial charge in [0.15, 0.2) is 5.78 Å². The summed E-state index contributed by atoms with van der Waals surface area (Å²) in [6.07, 6.45) is 0.922. The van der Waals surface area contributed by atoms with Gasteiger partial charge in [-0.15, -0.1) is 0 Å². The number of benzene rings is 1. The van der Waals surface area contributed by atoms with E-state index in [9.17, 15) is 9.59 Å². The van der Waals surface area contributed by atoms with E-state index in [4.69, 9.17) is 5.73 Å². The third kappa shape index (κ3) is 5.33. The molecular weight excluding hydrogens is 248 g/mol. The predicted molar refractivity (Wildman–Crippen MR) is 76.1 cm³/mol. The average Bonchev–Trinajstić information content (AvgIpc) is 2.35. The van der Waals surface area contributed by atoms with Gasteiger partial charge < -0.3 is 11.1 Å². The molecule has 4 nitrogen and oxygen atoms in total. The predicted octanol–water partition coefficient (Wildman–Crippen LogP) is 1.91. The molecule has 0 spiro atoms. The molecule has 0 aliphatic rings. The van der Waals surface area contributed by atoms with Crippen LogP contribution in [0.1, 0.15) is 23.7 Å². The number of carbonyl (C=O) groups excluding carboxylic acids is 2. The molecule has 1 aromatic carbocycles. The molecule has 0 aromatic heterocycles. The van der Waals surface area contributed by atoms with Gasteiger partial charge >= 0.3 is 0 Å². The molecule has 18 heavy (non-hydrogen) atoms. The van der Waals surface area contributed by atoms with Crippen molar-refractivity contribution < 1.29 is 9.59 Å². The van der Waals surface area contributed by atoms with Crippen LogP contribution >= 0.6 is 11.8 Å². The minimum atomic E-state index is -0.0346.